The number of hydrogen-bond acceptors (Lipinski definition) is 5. The van der Waals surface area contributed by atoms with Crippen molar-refractivity contribution in [3.63, 3.8) is 0 Å². The van der Waals surface area contributed by atoms with Crippen LogP contribution in [0.4, 0.5) is 9.52 Å². The van der Waals surface area contributed by atoms with Crippen molar-refractivity contribution in [2.45, 2.75) is 19.9 Å². The summed E-state index contributed by atoms with van der Waals surface area (Å²) in [7, 11) is 0. The smallest absolute Gasteiger partial charge is 0.301 e. The number of carbonyl (C=O) groups excluding carboxylic acids is 2. The lowest BCUT2D eigenvalue weighted by Crippen LogP contribution is -2.29. The number of thiazole rings is 1. The van der Waals surface area contributed by atoms with Crippen molar-refractivity contribution in [2.24, 2.45) is 0 Å². The highest BCUT2D eigenvalue weighted by Crippen LogP contribution is 2.45. The first kappa shape index (κ1) is 22.3. The van der Waals surface area contributed by atoms with E-state index in [1.807, 2.05) is 26.0 Å². The lowest BCUT2D eigenvalue weighted by atomic mass is 9.95. The number of halogens is 2. The summed E-state index contributed by atoms with van der Waals surface area (Å²) in [6, 6.07) is 14.8. The molecule has 1 saturated heterocycles. The standard InChI is InChI=1S/C26H18ClFN2O3S/c1-13-11-14(2)21-19(12-13)34-26(29-21)30-22(17-5-3-4-6-18(17)28)20(24(32)25(30)33)23(31)15-7-9-16(27)10-8-15/h3-12,22,31H,1-2H3/t22-/m1/s1. The summed E-state index contributed by atoms with van der Waals surface area (Å²) < 4.78 is 15.9. The molecule has 8 heteroatoms. The third-order valence-corrected chi connectivity index (χ3v) is 7.04. The quantitative estimate of drug-likeness (QED) is 0.206. The van der Waals surface area contributed by atoms with E-state index in [9.17, 15) is 14.7 Å². The predicted molar refractivity (Wildman–Crippen MR) is 132 cm³/mol. The van der Waals surface area contributed by atoms with Gasteiger partial charge in [0.2, 0.25) is 0 Å². The van der Waals surface area contributed by atoms with Gasteiger partial charge in [-0.2, -0.15) is 0 Å². The Bertz CT molecular complexity index is 1510. The van der Waals surface area contributed by atoms with Gasteiger partial charge in [0.1, 0.15) is 17.6 Å². The summed E-state index contributed by atoms with van der Waals surface area (Å²) in [4.78, 5) is 32.3. The van der Waals surface area contributed by atoms with Crippen LogP contribution in [0.5, 0.6) is 0 Å². The molecule has 0 radical (unpaired) electrons. The van der Waals surface area contributed by atoms with E-state index in [4.69, 9.17) is 11.6 Å². The van der Waals surface area contributed by atoms with Crippen molar-refractivity contribution in [1.29, 1.82) is 0 Å². The minimum atomic E-state index is -1.18. The second kappa shape index (κ2) is 8.34. The van der Waals surface area contributed by atoms with Crippen LogP contribution in [0.25, 0.3) is 16.0 Å². The Morgan fingerprint density at radius 3 is 2.50 bits per heavy atom. The summed E-state index contributed by atoms with van der Waals surface area (Å²) >= 11 is 7.20. The number of carbonyl (C=O) groups is 2. The van der Waals surface area contributed by atoms with E-state index < -0.39 is 29.3 Å². The number of ketones is 1. The van der Waals surface area contributed by atoms with Crippen LogP contribution in [0.2, 0.25) is 5.02 Å². The molecule has 1 amide bonds. The van der Waals surface area contributed by atoms with E-state index in [2.05, 4.69) is 4.98 Å². The molecule has 0 aliphatic carbocycles. The first-order valence-electron chi connectivity index (χ1n) is 10.5. The molecule has 0 unspecified atom stereocenters. The van der Waals surface area contributed by atoms with Crippen LogP contribution in [-0.2, 0) is 9.59 Å². The number of nitrogens with zero attached hydrogens (tertiary/aromatic N) is 2. The Balaban J connectivity index is 1.76. The molecular weight excluding hydrogens is 475 g/mol. The Morgan fingerprint density at radius 1 is 1.09 bits per heavy atom. The number of amides is 1. The molecule has 1 aliphatic rings. The average Bonchev–Trinajstić information content (AvgIpc) is 3.33. The summed E-state index contributed by atoms with van der Waals surface area (Å²) in [5.74, 6) is -2.79. The van der Waals surface area contributed by atoms with Crippen molar-refractivity contribution in [3.8, 4) is 0 Å². The molecule has 1 aromatic heterocycles. The number of aromatic nitrogens is 1. The summed E-state index contributed by atoms with van der Waals surface area (Å²) in [6.07, 6.45) is 0. The highest BCUT2D eigenvalue weighted by Gasteiger charge is 2.49. The van der Waals surface area contributed by atoms with Gasteiger partial charge in [0.05, 0.1) is 15.8 Å². The van der Waals surface area contributed by atoms with Gasteiger partial charge < -0.3 is 5.11 Å². The van der Waals surface area contributed by atoms with Crippen LogP contribution >= 0.6 is 22.9 Å². The second-order valence-electron chi connectivity index (χ2n) is 8.12. The molecule has 0 saturated carbocycles. The van der Waals surface area contributed by atoms with E-state index in [-0.39, 0.29) is 16.3 Å². The van der Waals surface area contributed by atoms with Gasteiger partial charge in [0.25, 0.3) is 5.78 Å². The van der Waals surface area contributed by atoms with Crippen LogP contribution < -0.4 is 4.90 Å². The van der Waals surface area contributed by atoms with Crippen molar-refractivity contribution >= 4 is 55.7 Å². The number of rotatable bonds is 3. The van der Waals surface area contributed by atoms with E-state index in [0.29, 0.717) is 16.1 Å². The molecule has 5 nitrogen and oxygen atoms in total. The zero-order valence-corrected chi connectivity index (χ0v) is 19.7. The topological polar surface area (TPSA) is 70.5 Å². The molecule has 3 aromatic carbocycles. The van der Waals surface area contributed by atoms with Crippen molar-refractivity contribution in [3.05, 3.63) is 99.3 Å². The molecule has 1 atom stereocenters. The third kappa shape index (κ3) is 3.57. The lowest BCUT2D eigenvalue weighted by Gasteiger charge is -2.23. The zero-order chi connectivity index (χ0) is 24.1. The molecule has 0 spiro atoms. The number of aryl methyl sites for hydroxylation is 2. The van der Waals surface area contributed by atoms with Crippen molar-refractivity contribution in [2.75, 3.05) is 4.90 Å². The van der Waals surface area contributed by atoms with E-state index in [0.717, 1.165) is 15.8 Å². The highest BCUT2D eigenvalue weighted by atomic mass is 35.5. The Hall–Kier alpha value is -3.55. The Labute approximate surface area is 203 Å². The first-order valence-corrected chi connectivity index (χ1v) is 11.6. The molecule has 1 aliphatic heterocycles. The second-order valence-corrected chi connectivity index (χ2v) is 9.57. The van der Waals surface area contributed by atoms with Crippen LogP contribution in [-0.4, -0.2) is 21.8 Å². The minimum absolute atomic E-state index is 0.0874. The number of fused-ring (bicyclic) bond motifs is 1. The van der Waals surface area contributed by atoms with Gasteiger partial charge in [-0.1, -0.05) is 47.2 Å². The van der Waals surface area contributed by atoms with Crippen LogP contribution in [0, 0.1) is 19.7 Å². The fourth-order valence-electron chi connectivity index (χ4n) is 4.25. The monoisotopic (exact) mass is 492 g/mol. The Kier molecular flexibility index (Phi) is 5.46. The molecule has 1 fully saturated rings. The number of benzene rings is 3. The molecule has 170 valence electrons. The zero-order valence-electron chi connectivity index (χ0n) is 18.2. The molecule has 1 N–H and O–H groups in total. The highest BCUT2D eigenvalue weighted by molar-refractivity contribution is 7.22. The number of Topliss-reactive ketones (excluding diaryl/α,β-unsaturated/α-hetero) is 1. The predicted octanol–water partition coefficient (Wildman–Crippen LogP) is 6.33. The third-order valence-electron chi connectivity index (χ3n) is 5.79. The molecule has 4 aromatic rings. The summed E-state index contributed by atoms with van der Waals surface area (Å²) in [6.45, 7) is 3.88. The van der Waals surface area contributed by atoms with Gasteiger partial charge >= 0.3 is 5.91 Å². The lowest BCUT2D eigenvalue weighted by molar-refractivity contribution is -0.132. The van der Waals surface area contributed by atoms with E-state index >= 15 is 4.39 Å². The van der Waals surface area contributed by atoms with Crippen molar-refractivity contribution < 1.29 is 19.1 Å². The summed E-state index contributed by atoms with van der Waals surface area (Å²) in [5.41, 5.74) is 2.85. The van der Waals surface area contributed by atoms with Gasteiger partial charge in [0.15, 0.2) is 5.13 Å². The summed E-state index contributed by atoms with van der Waals surface area (Å²) in [5, 5.41) is 11.8. The van der Waals surface area contributed by atoms with Crippen LogP contribution in [0.15, 0.2) is 66.2 Å². The van der Waals surface area contributed by atoms with Gasteiger partial charge in [-0.15, -0.1) is 0 Å². The number of hydrogen-bond donors (Lipinski definition) is 1. The van der Waals surface area contributed by atoms with E-state index in [1.165, 1.54) is 46.6 Å². The SMILES string of the molecule is Cc1cc(C)c2nc(N3C(=O)C(=O)C(=C(O)c4ccc(Cl)cc4)[C@H]3c3ccccc3F)sc2c1. The normalized spacial score (nSPS) is 17.6. The molecule has 5 rings (SSSR count). The molecule has 0 bridgehead atoms. The van der Waals surface area contributed by atoms with Crippen LogP contribution in [0.3, 0.4) is 0 Å². The van der Waals surface area contributed by atoms with Gasteiger partial charge in [-0.25, -0.2) is 9.37 Å². The number of aliphatic hydroxyl groups excluding tert-OH is 1. The fourth-order valence-corrected chi connectivity index (χ4v) is 5.54. The maximum absolute atomic E-state index is 15.0. The van der Waals surface area contributed by atoms with Crippen LogP contribution in [0.1, 0.15) is 28.3 Å². The largest absolute Gasteiger partial charge is 0.507 e. The number of anilines is 1. The average molecular weight is 493 g/mol. The van der Waals surface area contributed by atoms with Gasteiger partial charge in [-0.05, 0) is 61.4 Å². The Morgan fingerprint density at radius 2 is 1.79 bits per heavy atom. The van der Waals surface area contributed by atoms with Gasteiger partial charge in [0, 0.05) is 16.1 Å². The molecular formula is C26H18ClFN2O3S. The van der Waals surface area contributed by atoms with Crippen molar-refractivity contribution in [1.82, 2.24) is 4.98 Å². The molecule has 2 heterocycles. The number of aliphatic hydroxyl groups is 1. The van der Waals surface area contributed by atoms with E-state index in [1.54, 1.807) is 18.2 Å². The first-order chi connectivity index (χ1) is 16.3. The maximum Gasteiger partial charge on any atom is 0.301 e. The minimum Gasteiger partial charge on any atom is -0.507 e. The fraction of sp³-hybridized carbons (Fsp3) is 0.115. The molecule has 34 heavy (non-hydrogen) atoms. The van der Waals surface area contributed by atoms with Gasteiger partial charge in [-0.3, -0.25) is 14.5 Å². The maximum atomic E-state index is 15.0.